The summed E-state index contributed by atoms with van der Waals surface area (Å²) in [5.41, 5.74) is 12.1. The number of furan rings is 1. The Labute approximate surface area is 259 Å². The van der Waals surface area contributed by atoms with Gasteiger partial charge in [-0.25, -0.2) is 4.57 Å². The molecule has 2 aromatic heterocycles. The van der Waals surface area contributed by atoms with Gasteiger partial charge in [0.2, 0.25) is 5.69 Å². The van der Waals surface area contributed by atoms with Crippen LogP contribution in [0.4, 0.5) is 0 Å². The Kier molecular flexibility index (Phi) is 6.66. The summed E-state index contributed by atoms with van der Waals surface area (Å²) in [6.07, 6.45) is 2.10. The van der Waals surface area contributed by atoms with Crippen LogP contribution in [0.15, 0.2) is 95.5 Å². The van der Waals surface area contributed by atoms with Crippen molar-refractivity contribution in [2.24, 2.45) is 7.05 Å². The number of aromatic nitrogens is 1. The normalized spacial score (nSPS) is 13.4. The Bertz CT molecular complexity index is 2030. The predicted octanol–water partition coefficient (Wildman–Crippen LogP) is 11.3. The first-order chi connectivity index (χ1) is 21.1. The molecule has 2 heterocycles. The predicted molar refractivity (Wildman–Crippen MR) is 183 cm³/mol. The molecule has 0 N–H and O–H groups in total. The molecule has 2 heteroatoms. The number of rotatable bonds is 5. The summed E-state index contributed by atoms with van der Waals surface area (Å²) >= 11 is 0. The summed E-state index contributed by atoms with van der Waals surface area (Å²) in [6, 6.07) is 29.9. The highest BCUT2D eigenvalue weighted by Gasteiger charge is 2.26. The molecular formula is C41H44NO+. The Balaban J connectivity index is 1.66. The van der Waals surface area contributed by atoms with Crippen molar-refractivity contribution in [2.75, 3.05) is 0 Å². The van der Waals surface area contributed by atoms with Gasteiger partial charge in [0.05, 0.1) is 5.56 Å². The molecular weight excluding hydrogens is 522 g/mol. The standard InChI is InChI=1S/C41H44NO/c1-25(2)34-23-30(41(6,7)8)24-35(26(3)4)38(34)29-20-21-42(9)36(22-29)37-27(5)18-19-33-32-17-13-16-31(39(32)43-40(33)37)28-14-11-10-12-15-28/h10-26H,1-9H3/q+1/i25D,26D. The molecule has 0 aliphatic heterocycles. The first kappa shape index (κ1) is 26.5. The van der Waals surface area contributed by atoms with E-state index in [0.29, 0.717) is 0 Å². The number of nitrogens with zero attached hydrogens (tertiary/aromatic N) is 1. The van der Waals surface area contributed by atoms with Gasteiger partial charge in [0.1, 0.15) is 18.2 Å². The van der Waals surface area contributed by atoms with Crippen molar-refractivity contribution in [1.29, 1.82) is 0 Å². The minimum atomic E-state index is -0.864. The summed E-state index contributed by atoms with van der Waals surface area (Å²) in [7, 11) is 2.07. The van der Waals surface area contributed by atoms with Gasteiger partial charge < -0.3 is 4.42 Å². The number of hydrogen-bond acceptors (Lipinski definition) is 1. The third-order valence-corrected chi connectivity index (χ3v) is 8.74. The Morgan fingerprint density at radius 2 is 1.35 bits per heavy atom. The van der Waals surface area contributed by atoms with Crippen molar-refractivity contribution in [3.05, 3.63) is 113 Å². The molecule has 0 fully saturated rings. The van der Waals surface area contributed by atoms with Crippen LogP contribution in [-0.4, -0.2) is 0 Å². The van der Waals surface area contributed by atoms with E-state index in [4.69, 9.17) is 4.42 Å². The third kappa shape index (κ3) is 5.07. The van der Waals surface area contributed by atoms with Crippen LogP contribution in [0.2, 0.25) is 0 Å². The molecule has 0 amide bonds. The fourth-order valence-electron chi connectivity index (χ4n) is 6.27. The maximum atomic E-state index is 9.24. The molecule has 43 heavy (non-hydrogen) atoms. The number of pyridine rings is 1. The molecule has 0 spiro atoms. The molecule has 4 aromatic carbocycles. The van der Waals surface area contributed by atoms with E-state index < -0.39 is 11.8 Å². The second kappa shape index (κ2) is 10.8. The molecule has 0 saturated carbocycles. The van der Waals surface area contributed by atoms with E-state index in [2.05, 4.69) is 124 Å². The van der Waals surface area contributed by atoms with E-state index in [1.165, 1.54) is 0 Å². The first-order valence-electron chi connectivity index (χ1n) is 16.3. The fraction of sp³-hybridized carbons (Fsp3) is 0.293. The van der Waals surface area contributed by atoms with Crippen molar-refractivity contribution < 1.29 is 11.7 Å². The lowest BCUT2D eigenvalue weighted by atomic mass is 9.78. The van der Waals surface area contributed by atoms with Gasteiger partial charge in [-0.15, -0.1) is 0 Å². The zero-order valence-electron chi connectivity index (χ0n) is 29.0. The lowest BCUT2D eigenvalue weighted by Crippen LogP contribution is -2.30. The number of para-hydroxylation sites is 1. The summed E-state index contributed by atoms with van der Waals surface area (Å²) in [5, 5.41) is 2.19. The number of hydrogen-bond donors (Lipinski definition) is 0. The third-order valence-electron chi connectivity index (χ3n) is 8.74. The summed E-state index contributed by atoms with van der Waals surface area (Å²) in [4.78, 5) is 0. The van der Waals surface area contributed by atoms with Crippen LogP contribution in [0.1, 0.15) is 85.2 Å². The summed E-state index contributed by atoms with van der Waals surface area (Å²) in [6.45, 7) is 16.5. The van der Waals surface area contributed by atoms with E-state index in [0.717, 1.165) is 77.7 Å². The maximum Gasteiger partial charge on any atom is 0.216 e. The van der Waals surface area contributed by atoms with E-state index in [-0.39, 0.29) is 5.41 Å². The van der Waals surface area contributed by atoms with Crippen molar-refractivity contribution in [1.82, 2.24) is 0 Å². The van der Waals surface area contributed by atoms with Gasteiger partial charge in [0, 0.05) is 31.2 Å². The van der Waals surface area contributed by atoms with Crippen LogP contribution in [0.3, 0.4) is 0 Å². The van der Waals surface area contributed by atoms with Gasteiger partial charge in [-0.1, -0.05) is 121 Å². The van der Waals surface area contributed by atoms with Gasteiger partial charge >= 0.3 is 0 Å². The number of aryl methyl sites for hydroxylation is 2. The highest BCUT2D eigenvalue weighted by molar-refractivity contribution is 6.13. The van der Waals surface area contributed by atoms with Crippen LogP contribution in [-0.2, 0) is 12.5 Å². The van der Waals surface area contributed by atoms with E-state index in [1.807, 2.05) is 33.8 Å². The fourth-order valence-corrected chi connectivity index (χ4v) is 6.27. The summed E-state index contributed by atoms with van der Waals surface area (Å²) in [5.74, 6) is -1.73. The molecule has 6 rings (SSSR count). The quantitative estimate of drug-likeness (QED) is 0.189. The molecule has 6 aromatic rings. The highest BCUT2D eigenvalue weighted by Crippen LogP contribution is 2.43. The SMILES string of the molecule is [2H]C(C)(C)c1cc(C(C)(C)C)cc(C([2H])(C)C)c1-c1cc[n+](C)c(-c2c(C)ccc3c2oc2c(-c4ccccc4)cccc23)c1. The zero-order valence-corrected chi connectivity index (χ0v) is 27.0. The molecule has 0 aliphatic rings. The van der Waals surface area contributed by atoms with Crippen LogP contribution < -0.4 is 4.57 Å². The largest absolute Gasteiger partial charge is 0.454 e. The Hall–Kier alpha value is -4.17. The van der Waals surface area contributed by atoms with Gasteiger partial charge in [-0.05, 0) is 63.1 Å². The van der Waals surface area contributed by atoms with Crippen molar-refractivity contribution in [2.45, 2.75) is 72.6 Å². The Morgan fingerprint density at radius 1 is 0.698 bits per heavy atom. The zero-order chi connectivity index (χ0) is 32.5. The maximum absolute atomic E-state index is 9.24. The van der Waals surface area contributed by atoms with Crippen molar-refractivity contribution in [3.8, 4) is 33.5 Å². The van der Waals surface area contributed by atoms with E-state index in [1.54, 1.807) is 0 Å². The smallest absolute Gasteiger partial charge is 0.216 e. The van der Waals surface area contributed by atoms with Crippen molar-refractivity contribution >= 4 is 21.9 Å². The molecule has 0 aliphatic carbocycles. The molecule has 0 radical (unpaired) electrons. The molecule has 218 valence electrons. The molecule has 0 unspecified atom stereocenters. The minimum Gasteiger partial charge on any atom is -0.454 e. The van der Waals surface area contributed by atoms with Crippen LogP contribution in [0, 0.1) is 6.92 Å². The first-order valence-corrected chi connectivity index (χ1v) is 15.3. The lowest BCUT2D eigenvalue weighted by Gasteiger charge is -2.27. The average Bonchev–Trinajstić information content (AvgIpc) is 3.35. The highest BCUT2D eigenvalue weighted by atomic mass is 16.3. The monoisotopic (exact) mass is 568 g/mol. The van der Waals surface area contributed by atoms with Gasteiger partial charge in [0.25, 0.3) is 0 Å². The average molecular weight is 569 g/mol. The van der Waals surface area contributed by atoms with Gasteiger partial charge in [-0.3, -0.25) is 0 Å². The van der Waals surface area contributed by atoms with E-state index in [9.17, 15) is 2.74 Å². The minimum absolute atomic E-state index is 0.112. The summed E-state index contributed by atoms with van der Waals surface area (Å²) < 4.78 is 27.5. The second-order valence-electron chi connectivity index (χ2n) is 13.4. The molecule has 0 atom stereocenters. The molecule has 0 saturated heterocycles. The number of fused-ring (bicyclic) bond motifs is 3. The Morgan fingerprint density at radius 3 is 1.98 bits per heavy atom. The topological polar surface area (TPSA) is 17.0 Å². The lowest BCUT2D eigenvalue weighted by molar-refractivity contribution is -0.660. The van der Waals surface area contributed by atoms with Gasteiger partial charge in [-0.2, -0.15) is 0 Å². The van der Waals surface area contributed by atoms with Crippen LogP contribution in [0.5, 0.6) is 0 Å². The molecule has 2 nitrogen and oxygen atoms in total. The van der Waals surface area contributed by atoms with E-state index >= 15 is 0 Å². The van der Waals surface area contributed by atoms with Gasteiger partial charge in [0.15, 0.2) is 6.20 Å². The number of benzene rings is 4. The second-order valence-corrected chi connectivity index (χ2v) is 13.4. The van der Waals surface area contributed by atoms with Crippen LogP contribution >= 0.6 is 0 Å². The molecule has 0 bridgehead atoms. The van der Waals surface area contributed by atoms with Crippen LogP contribution in [0.25, 0.3) is 55.4 Å². The van der Waals surface area contributed by atoms with Crippen molar-refractivity contribution in [3.63, 3.8) is 0 Å².